The molecular formula is C15H18N4O2S. The van der Waals surface area contributed by atoms with Gasteiger partial charge in [0.25, 0.3) is 5.91 Å². The van der Waals surface area contributed by atoms with Crippen LogP contribution in [0.2, 0.25) is 0 Å². The summed E-state index contributed by atoms with van der Waals surface area (Å²) in [5, 5.41) is 19.8. The second-order valence-electron chi connectivity index (χ2n) is 5.52. The number of phenols is 1. The summed E-state index contributed by atoms with van der Waals surface area (Å²) in [6.07, 6.45) is 2.86. The van der Waals surface area contributed by atoms with Gasteiger partial charge in [-0.05, 0) is 43.6 Å². The Kier molecular flexibility index (Phi) is 3.98. The number of H-pyrrole nitrogens is 1. The molecule has 0 bridgehead atoms. The van der Waals surface area contributed by atoms with Crippen LogP contribution in [0.25, 0.3) is 0 Å². The van der Waals surface area contributed by atoms with Crippen molar-refractivity contribution in [2.24, 2.45) is 0 Å². The van der Waals surface area contributed by atoms with Crippen molar-refractivity contribution in [1.29, 1.82) is 0 Å². The van der Waals surface area contributed by atoms with Gasteiger partial charge in [0, 0.05) is 19.0 Å². The van der Waals surface area contributed by atoms with Crippen molar-refractivity contribution in [3.63, 3.8) is 0 Å². The Labute approximate surface area is 133 Å². The lowest BCUT2D eigenvalue weighted by atomic mass is 10.1. The van der Waals surface area contributed by atoms with Gasteiger partial charge in [0.1, 0.15) is 11.6 Å². The summed E-state index contributed by atoms with van der Waals surface area (Å²) in [7, 11) is 0. The zero-order chi connectivity index (χ0) is 15.7. The summed E-state index contributed by atoms with van der Waals surface area (Å²) in [5.41, 5.74) is 0.975. The van der Waals surface area contributed by atoms with Gasteiger partial charge in [-0.2, -0.15) is 5.10 Å². The molecule has 2 aromatic rings. The number of phenolic OH excluding ortho intramolecular Hbond substituents is 1. The summed E-state index contributed by atoms with van der Waals surface area (Å²) >= 11 is 5.22. The monoisotopic (exact) mass is 318 g/mol. The number of benzene rings is 1. The Morgan fingerprint density at radius 2 is 2.32 bits per heavy atom. The van der Waals surface area contributed by atoms with Crippen LogP contribution in [0.5, 0.6) is 5.75 Å². The van der Waals surface area contributed by atoms with Crippen LogP contribution in [0, 0.1) is 11.7 Å². The molecule has 1 aromatic carbocycles. The third-order valence-electron chi connectivity index (χ3n) is 3.81. The Morgan fingerprint density at radius 3 is 3.05 bits per heavy atom. The fourth-order valence-corrected chi connectivity index (χ4v) is 2.75. The molecule has 1 heterocycles. The van der Waals surface area contributed by atoms with Crippen LogP contribution in [0.4, 0.5) is 0 Å². The average molecular weight is 318 g/mol. The molecule has 116 valence electrons. The molecule has 0 saturated heterocycles. The number of aromatic amines is 1. The lowest BCUT2D eigenvalue weighted by Crippen LogP contribution is -2.26. The number of aromatic nitrogens is 3. The number of para-hydroxylation sites is 1. The SMILES string of the molecule is Cc1cccc(C(=O)NCCc2n[nH]c(=S)n2C2CC2)c1O. The standard InChI is InChI=1S/C15H18N4O2S/c1-9-3-2-4-11(13(9)20)14(21)16-8-7-12-17-18-15(22)19(12)10-5-6-10/h2-4,10,20H,5-8H2,1H3,(H,16,21)(H,18,22). The van der Waals surface area contributed by atoms with Crippen molar-refractivity contribution in [2.75, 3.05) is 6.54 Å². The highest BCUT2D eigenvalue weighted by Gasteiger charge is 2.27. The number of amides is 1. The van der Waals surface area contributed by atoms with Crippen molar-refractivity contribution in [1.82, 2.24) is 20.1 Å². The molecule has 1 fully saturated rings. The van der Waals surface area contributed by atoms with Gasteiger partial charge < -0.3 is 15.0 Å². The molecule has 22 heavy (non-hydrogen) atoms. The summed E-state index contributed by atoms with van der Waals surface area (Å²) in [4.78, 5) is 12.1. The second-order valence-corrected chi connectivity index (χ2v) is 5.91. The summed E-state index contributed by atoms with van der Waals surface area (Å²) in [6.45, 7) is 2.21. The first kappa shape index (κ1) is 14.8. The molecule has 0 unspecified atom stereocenters. The number of aromatic hydroxyl groups is 1. The fraction of sp³-hybridized carbons (Fsp3) is 0.400. The number of carbonyl (C=O) groups excluding carboxylic acids is 1. The predicted octanol–water partition coefficient (Wildman–Crippen LogP) is 2.26. The Hall–Kier alpha value is -2.15. The minimum absolute atomic E-state index is 0.0284. The van der Waals surface area contributed by atoms with Gasteiger partial charge in [0.15, 0.2) is 4.77 Å². The number of aryl methyl sites for hydroxylation is 1. The first-order chi connectivity index (χ1) is 10.6. The van der Waals surface area contributed by atoms with E-state index in [-0.39, 0.29) is 11.7 Å². The van der Waals surface area contributed by atoms with Gasteiger partial charge in [-0.15, -0.1) is 0 Å². The maximum Gasteiger partial charge on any atom is 0.255 e. The summed E-state index contributed by atoms with van der Waals surface area (Å²) < 4.78 is 2.67. The van der Waals surface area contributed by atoms with Gasteiger partial charge in [0.2, 0.25) is 0 Å². The molecule has 1 aliphatic rings. The maximum atomic E-state index is 12.1. The third kappa shape index (κ3) is 2.89. The molecule has 7 heteroatoms. The molecule has 1 amide bonds. The van der Waals surface area contributed by atoms with Gasteiger partial charge in [-0.25, -0.2) is 0 Å². The number of carbonyl (C=O) groups is 1. The van der Waals surface area contributed by atoms with E-state index in [0.717, 1.165) is 18.7 Å². The fourth-order valence-electron chi connectivity index (χ4n) is 2.45. The molecule has 0 aliphatic heterocycles. The van der Waals surface area contributed by atoms with Crippen LogP contribution < -0.4 is 5.32 Å². The van der Waals surface area contributed by atoms with E-state index < -0.39 is 0 Å². The van der Waals surface area contributed by atoms with Gasteiger partial charge in [-0.3, -0.25) is 9.89 Å². The molecule has 3 N–H and O–H groups in total. The lowest BCUT2D eigenvalue weighted by Gasteiger charge is -2.09. The number of rotatable bonds is 5. The maximum absolute atomic E-state index is 12.1. The average Bonchev–Trinajstić information content (AvgIpc) is 3.26. The molecular weight excluding hydrogens is 300 g/mol. The van der Waals surface area contributed by atoms with Crippen molar-refractivity contribution in [3.8, 4) is 5.75 Å². The normalized spacial score (nSPS) is 14.0. The largest absolute Gasteiger partial charge is 0.507 e. The van der Waals surface area contributed by atoms with E-state index in [0.29, 0.717) is 34.9 Å². The van der Waals surface area contributed by atoms with Crippen LogP contribution in [0.3, 0.4) is 0 Å². The summed E-state index contributed by atoms with van der Waals surface area (Å²) in [5.74, 6) is 0.607. The third-order valence-corrected chi connectivity index (χ3v) is 4.09. The van der Waals surface area contributed by atoms with Gasteiger partial charge >= 0.3 is 0 Å². The first-order valence-corrected chi connectivity index (χ1v) is 7.71. The highest BCUT2D eigenvalue weighted by molar-refractivity contribution is 7.71. The second kappa shape index (κ2) is 5.92. The number of hydrogen-bond donors (Lipinski definition) is 3. The molecule has 0 spiro atoms. The van der Waals surface area contributed by atoms with Crippen LogP contribution in [-0.2, 0) is 6.42 Å². The Morgan fingerprint density at radius 1 is 1.55 bits per heavy atom. The quantitative estimate of drug-likeness (QED) is 0.739. The smallest absolute Gasteiger partial charge is 0.255 e. The zero-order valence-corrected chi connectivity index (χ0v) is 13.1. The van der Waals surface area contributed by atoms with Gasteiger partial charge in [-0.1, -0.05) is 12.1 Å². The van der Waals surface area contributed by atoms with E-state index >= 15 is 0 Å². The van der Waals surface area contributed by atoms with Crippen molar-refractivity contribution in [3.05, 3.63) is 39.9 Å². The molecule has 1 aromatic heterocycles. The molecule has 0 radical (unpaired) electrons. The minimum atomic E-state index is -0.284. The molecule has 3 rings (SSSR count). The highest BCUT2D eigenvalue weighted by Crippen LogP contribution is 2.35. The minimum Gasteiger partial charge on any atom is -0.507 e. The van der Waals surface area contributed by atoms with E-state index in [1.807, 2.05) is 4.57 Å². The van der Waals surface area contributed by atoms with Crippen molar-refractivity contribution in [2.45, 2.75) is 32.2 Å². The molecule has 6 nitrogen and oxygen atoms in total. The Balaban J connectivity index is 1.63. The predicted molar refractivity (Wildman–Crippen MR) is 84.6 cm³/mol. The van der Waals surface area contributed by atoms with Crippen LogP contribution in [0.15, 0.2) is 18.2 Å². The van der Waals surface area contributed by atoms with Crippen molar-refractivity contribution < 1.29 is 9.90 Å². The van der Waals surface area contributed by atoms with E-state index in [2.05, 4.69) is 15.5 Å². The number of nitrogens with one attached hydrogen (secondary N) is 2. The molecule has 1 saturated carbocycles. The highest BCUT2D eigenvalue weighted by atomic mass is 32.1. The van der Waals surface area contributed by atoms with E-state index in [4.69, 9.17) is 12.2 Å². The number of nitrogens with zero attached hydrogens (tertiary/aromatic N) is 2. The van der Waals surface area contributed by atoms with E-state index in [1.54, 1.807) is 25.1 Å². The van der Waals surface area contributed by atoms with Crippen LogP contribution >= 0.6 is 12.2 Å². The van der Waals surface area contributed by atoms with Crippen LogP contribution in [-0.4, -0.2) is 32.3 Å². The molecule has 1 aliphatic carbocycles. The molecule has 0 atom stereocenters. The van der Waals surface area contributed by atoms with Crippen molar-refractivity contribution >= 4 is 18.1 Å². The zero-order valence-electron chi connectivity index (χ0n) is 12.3. The number of hydrogen-bond acceptors (Lipinski definition) is 4. The Bertz CT molecular complexity index is 761. The van der Waals surface area contributed by atoms with E-state index in [1.165, 1.54) is 0 Å². The van der Waals surface area contributed by atoms with Crippen LogP contribution in [0.1, 0.15) is 40.6 Å². The van der Waals surface area contributed by atoms with Gasteiger partial charge in [0.05, 0.1) is 5.56 Å². The lowest BCUT2D eigenvalue weighted by molar-refractivity contribution is 0.0951. The topological polar surface area (TPSA) is 82.9 Å². The summed E-state index contributed by atoms with van der Waals surface area (Å²) in [6, 6.07) is 5.58. The van der Waals surface area contributed by atoms with E-state index in [9.17, 15) is 9.90 Å². The first-order valence-electron chi connectivity index (χ1n) is 7.30.